The van der Waals surface area contributed by atoms with Gasteiger partial charge in [0.2, 0.25) is 0 Å². The molecule has 24 heavy (non-hydrogen) atoms. The molecule has 0 radical (unpaired) electrons. The summed E-state index contributed by atoms with van der Waals surface area (Å²) in [4.78, 5) is 18.5. The molecular formula is C18H18F2N2O2. The summed E-state index contributed by atoms with van der Waals surface area (Å²) in [5.41, 5.74) is 1.04. The Morgan fingerprint density at radius 1 is 1.25 bits per heavy atom. The van der Waals surface area contributed by atoms with E-state index in [1.54, 1.807) is 24.2 Å². The van der Waals surface area contributed by atoms with E-state index in [4.69, 9.17) is 4.74 Å². The zero-order valence-electron chi connectivity index (χ0n) is 13.3. The van der Waals surface area contributed by atoms with Crippen LogP contribution in [-0.4, -0.2) is 28.4 Å². The van der Waals surface area contributed by atoms with Crippen molar-refractivity contribution in [2.75, 3.05) is 6.54 Å². The molecule has 1 aliphatic heterocycles. The number of carbonyl (C=O) groups is 1. The van der Waals surface area contributed by atoms with Gasteiger partial charge in [-0.1, -0.05) is 0 Å². The van der Waals surface area contributed by atoms with Gasteiger partial charge in [-0.15, -0.1) is 0 Å². The van der Waals surface area contributed by atoms with Crippen molar-refractivity contribution in [3.63, 3.8) is 0 Å². The van der Waals surface area contributed by atoms with Gasteiger partial charge in [0.25, 0.3) is 5.91 Å². The normalized spacial score (nSPS) is 18.5. The molecule has 0 saturated carbocycles. The minimum Gasteiger partial charge on any atom is -0.481 e. The van der Waals surface area contributed by atoms with Crippen LogP contribution in [0.1, 0.15) is 31.4 Å². The van der Waals surface area contributed by atoms with Gasteiger partial charge < -0.3 is 9.64 Å². The number of benzene rings is 1. The number of rotatable bonds is 4. The summed E-state index contributed by atoms with van der Waals surface area (Å²) >= 11 is 0. The van der Waals surface area contributed by atoms with Crippen molar-refractivity contribution >= 4 is 5.91 Å². The fourth-order valence-corrected chi connectivity index (χ4v) is 3.00. The standard InChI is InChI=1S/C18H18F2N2O2/c1-12(24-14-4-5-15(19)16(20)11-14)18(23)22-10-2-3-17(22)13-6-8-21-9-7-13/h4-9,11-12,17H,2-3,10H2,1H3/t12-,17-/m0/s1. The van der Waals surface area contributed by atoms with E-state index >= 15 is 0 Å². The van der Waals surface area contributed by atoms with E-state index in [0.29, 0.717) is 6.54 Å². The van der Waals surface area contributed by atoms with Gasteiger partial charge >= 0.3 is 0 Å². The molecular weight excluding hydrogens is 314 g/mol. The summed E-state index contributed by atoms with van der Waals surface area (Å²) in [6.45, 7) is 2.27. The van der Waals surface area contributed by atoms with Crippen molar-refractivity contribution in [3.8, 4) is 5.75 Å². The van der Waals surface area contributed by atoms with Crippen molar-refractivity contribution in [2.45, 2.75) is 31.9 Å². The quantitative estimate of drug-likeness (QED) is 0.861. The molecule has 1 aliphatic rings. The second-order valence-corrected chi connectivity index (χ2v) is 5.81. The van der Waals surface area contributed by atoms with Gasteiger partial charge in [0.15, 0.2) is 17.7 Å². The first kappa shape index (κ1) is 16.4. The SMILES string of the molecule is C[C@H](Oc1ccc(F)c(F)c1)C(=O)N1CCC[C@H]1c1ccncc1. The number of carbonyl (C=O) groups excluding carboxylic acids is 1. The molecule has 2 atom stereocenters. The summed E-state index contributed by atoms with van der Waals surface area (Å²) in [7, 11) is 0. The third kappa shape index (κ3) is 3.37. The van der Waals surface area contributed by atoms with Crippen LogP contribution in [0.2, 0.25) is 0 Å². The zero-order chi connectivity index (χ0) is 17.1. The number of hydrogen-bond acceptors (Lipinski definition) is 3. The molecule has 6 heteroatoms. The van der Waals surface area contributed by atoms with Crippen LogP contribution in [0.5, 0.6) is 5.75 Å². The minimum atomic E-state index is -0.997. The van der Waals surface area contributed by atoms with E-state index < -0.39 is 17.7 Å². The first-order valence-corrected chi connectivity index (χ1v) is 7.88. The summed E-state index contributed by atoms with van der Waals surface area (Å²) in [6, 6.07) is 7.04. The molecule has 126 valence electrons. The van der Waals surface area contributed by atoms with Gasteiger partial charge in [0, 0.05) is 25.0 Å². The molecule has 0 bridgehead atoms. The Kier molecular flexibility index (Phi) is 4.74. The first-order chi connectivity index (χ1) is 11.6. The highest BCUT2D eigenvalue weighted by molar-refractivity contribution is 5.81. The monoisotopic (exact) mass is 332 g/mol. The Balaban J connectivity index is 1.71. The third-order valence-electron chi connectivity index (χ3n) is 4.18. The summed E-state index contributed by atoms with van der Waals surface area (Å²) < 4.78 is 31.7. The maximum absolute atomic E-state index is 13.3. The van der Waals surface area contributed by atoms with Gasteiger partial charge in [-0.25, -0.2) is 8.78 Å². The molecule has 2 aromatic rings. The first-order valence-electron chi connectivity index (χ1n) is 7.88. The summed E-state index contributed by atoms with van der Waals surface area (Å²) in [5.74, 6) is -1.98. The lowest BCUT2D eigenvalue weighted by Crippen LogP contribution is -2.40. The Hall–Kier alpha value is -2.50. The van der Waals surface area contributed by atoms with E-state index in [1.807, 2.05) is 12.1 Å². The number of likely N-dealkylation sites (tertiary alicyclic amines) is 1. The van der Waals surface area contributed by atoms with Crippen LogP contribution < -0.4 is 4.74 Å². The molecule has 0 aliphatic carbocycles. The molecule has 1 aromatic carbocycles. The molecule has 1 saturated heterocycles. The Bertz CT molecular complexity index is 724. The van der Waals surface area contributed by atoms with E-state index in [0.717, 1.165) is 30.5 Å². The smallest absolute Gasteiger partial charge is 0.263 e. The lowest BCUT2D eigenvalue weighted by Gasteiger charge is -2.28. The van der Waals surface area contributed by atoms with Crippen molar-refractivity contribution < 1.29 is 18.3 Å². The van der Waals surface area contributed by atoms with E-state index in [2.05, 4.69) is 4.98 Å². The lowest BCUT2D eigenvalue weighted by molar-refractivity contribution is -0.138. The van der Waals surface area contributed by atoms with Crippen LogP contribution in [0.15, 0.2) is 42.7 Å². The van der Waals surface area contributed by atoms with Crippen LogP contribution in [0.4, 0.5) is 8.78 Å². The molecule has 2 heterocycles. The molecule has 3 rings (SSSR count). The molecule has 1 aromatic heterocycles. The summed E-state index contributed by atoms with van der Waals surface area (Å²) in [5, 5.41) is 0. The van der Waals surface area contributed by atoms with Gasteiger partial charge in [-0.2, -0.15) is 0 Å². The Morgan fingerprint density at radius 2 is 2.00 bits per heavy atom. The van der Waals surface area contributed by atoms with Crippen LogP contribution >= 0.6 is 0 Å². The fraction of sp³-hybridized carbons (Fsp3) is 0.333. The van der Waals surface area contributed by atoms with E-state index in [1.165, 1.54) is 6.07 Å². The van der Waals surface area contributed by atoms with E-state index in [9.17, 15) is 13.6 Å². The maximum Gasteiger partial charge on any atom is 0.263 e. The average Bonchev–Trinajstić information content (AvgIpc) is 3.08. The second kappa shape index (κ2) is 6.95. The minimum absolute atomic E-state index is 0.00324. The number of pyridine rings is 1. The van der Waals surface area contributed by atoms with Crippen LogP contribution in [0.3, 0.4) is 0 Å². The molecule has 0 unspecified atom stereocenters. The number of hydrogen-bond donors (Lipinski definition) is 0. The third-order valence-corrected chi connectivity index (χ3v) is 4.18. The van der Waals surface area contributed by atoms with E-state index in [-0.39, 0.29) is 17.7 Å². The Labute approximate surface area is 139 Å². The highest BCUT2D eigenvalue weighted by atomic mass is 19.2. The number of halogens is 2. The van der Waals surface area contributed by atoms with Gasteiger partial charge in [-0.05, 0) is 49.6 Å². The maximum atomic E-state index is 13.3. The molecule has 1 fully saturated rings. The fourth-order valence-electron chi connectivity index (χ4n) is 3.00. The molecule has 0 N–H and O–H groups in total. The van der Waals surface area contributed by atoms with Crippen LogP contribution in [0.25, 0.3) is 0 Å². The highest BCUT2D eigenvalue weighted by Gasteiger charge is 2.33. The second-order valence-electron chi connectivity index (χ2n) is 5.81. The van der Waals surface area contributed by atoms with Crippen LogP contribution in [-0.2, 0) is 4.79 Å². The highest BCUT2D eigenvalue weighted by Crippen LogP contribution is 2.32. The number of ether oxygens (including phenoxy) is 1. The topological polar surface area (TPSA) is 42.4 Å². The van der Waals surface area contributed by atoms with Gasteiger partial charge in [0.1, 0.15) is 5.75 Å². The van der Waals surface area contributed by atoms with Gasteiger partial charge in [0.05, 0.1) is 6.04 Å². The summed E-state index contributed by atoms with van der Waals surface area (Å²) in [6.07, 6.45) is 4.43. The lowest BCUT2D eigenvalue weighted by atomic mass is 10.1. The zero-order valence-corrected chi connectivity index (χ0v) is 13.3. The average molecular weight is 332 g/mol. The van der Waals surface area contributed by atoms with Crippen molar-refractivity contribution in [1.82, 2.24) is 9.88 Å². The number of nitrogens with zero attached hydrogens (tertiary/aromatic N) is 2. The molecule has 4 nitrogen and oxygen atoms in total. The molecule has 1 amide bonds. The van der Waals surface area contributed by atoms with Crippen LogP contribution in [0, 0.1) is 11.6 Å². The van der Waals surface area contributed by atoms with Crippen molar-refractivity contribution in [3.05, 3.63) is 59.9 Å². The Morgan fingerprint density at radius 3 is 2.71 bits per heavy atom. The number of aromatic nitrogens is 1. The predicted molar refractivity (Wildman–Crippen MR) is 84.4 cm³/mol. The predicted octanol–water partition coefficient (Wildman–Crippen LogP) is 3.49. The molecule has 0 spiro atoms. The van der Waals surface area contributed by atoms with Gasteiger partial charge in [-0.3, -0.25) is 9.78 Å². The van der Waals surface area contributed by atoms with Crippen molar-refractivity contribution in [1.29, 1.82) is 0 Å². The largest absolute Gasteiger partial charge is 0.481 e. The van der Waals surface area contributed by atoms with Crippen molar-refractivity contribution in [2.24, 2.45) is 0 Å². The number of amides is 1.